The van der Waals surface area contributed by atoms with Crippen LogP contribution in [0.1, 0.15) is 182 Å². The van der Waals surface area contributed by atoms with E-state index in [4.69, 9.17) is 0 Å². The Morgan fingerprint density at radius 2 is 0.938 bits per heavy atom. The summed E-state index contributed by atoms with van der Waals surface area (Å²) in [7, 11) is 0. The summed E-state index contributed by atoms with van der Waals surface area (Å²) < 4.78 is 0. The summed E-state index contributed by atoms with van der Waals surface area (Å²) in [6, 6.07) is 0. The third-order valence-corrected chi connectivity index (χ3v) is 8.63. The van der Waals surface area contributed by atoms with E-state index in [1.165, 1.54) is 154 Å². The smallest absolute Gasteiger partial charge is 0.0412 e. The standard InChI is InChI=1S/C32H64/c1-5-8-14-24-32-25-18-13-12-16-22-30(19-7-3)26-27-31(21-9-6-2)23-17-11-10-15-20-29(4)28-32/h29-32H,5-28H2,1-4H3. The van der Waals surface area contributed by atoms with Crippen LogP contribution in [-0.2, 0) is 0 Å². The van der Waals surface area contributed by atoms with Crippen LogP contribution in [0.4, 0.5) is 0 Å². The van der Waals surface area contributed by atoms with Crippen LogP contribution in [0.25, 0.3) is 0 Å². The normalized spacial score (nSPS) is 28.5. The fourth-order valence-corrected chi connectivity index (χ4v) is 6.49. The lowest BCUT2D eigenvalue weighted by Gasteiger charge is -2.21. The third kappa shape index (κ3) is 16.6. The second-order valence-corrected chi connectivity index (χ2v) is 11.9. The number of rotatable bonds is 9. The molecule has 0 aliphatic heterocycles. The van der Waals surface area contributed by atoms with Crippen molar-refractivity contribution in [2.75, 3.05) is 0 Å². The minimum absolute atomic E-state index is 0.954. The molecule has 1 aliphatic carbocycles. The second-order valence-electron chi connectivity index (χ2n) is 11.9. The third-order valence-electron chi connectivity index (χ3n) is 8.63. The zero-order chi connectivity index (χ0) is 23.3. The van der Waals surface area contributed by atoms with Crippen molar-refractivity contribution in [3.63, 3.8) is 0 Å². The molecule has 0 radical (unpaired) electrons. The molecule has 0 aromatic carbocycles. The highest BCUT2D eigenvalue weighted by Gasteiger charge is 2.16. The Balaban J connectivity index is 2.58. The first-order chi connectivity index (χ1) is 15.7. The van der Waals surface area contributed by atoms with Gasteiger partial charge in [0.25, 0.3) is 0 Å². The van der Waals surface area contributed by atoms with Gasteiger partial charge in [-0.2, -0.15) is 0 Å². The number of hydrogen-bond donors (Lipinski definition) is 0. The lowest BCUT2D eigenvalue weighted by atomic mass is 9.84. The van der Waals surface area contributed by atoms with Gasteiger partial charge in [0, 0.05) is 0 Å². The number of hydrogen-bond acceptors (Lipinski definition) is 0. The Hall–Kier alpha value is 0. The van der Waals surface area contributed by atoms with Gasteiger partial charge in [0.05, 0.1) is 0 Å². The molecule has 4 unspecified atom stereocenters. The Kier molecular flexibility index (Phi) is 20.2. The maximum Gasteiger partial charge on any atom is -0.0412 e. The molecule has 1 fully saturated rings. The van der Waals surface area contributed by atoms with Crippen LogP contribution in [0.3, 0.4) is 0 Å². The average molecular weight is 449 g/mol. The highest BCUT2D eigenvalue weighted by Crippen LogP contribution is 2.30. The molecule has 0 spiro atoms. The zero-order valence-corrected chi connectivity index (χ0v) is 23.3. The Bertz CT molecular complexity index is 372. The van der Waals surface area contributed by atoms with Gasteiger partial charge in [-0.3, -0.25) is 0 Å². The summed E-state index contributed by atoms with van der Waals surface area (Å²) in [5.41, 5.74) is 0. The predicted octanol–water partition coefficient (Wildman–Crippen LogP) is 11.9. The van der Waals surface area contributed by atoms with Gasteiger partial charge in [-0.05, 0) is 30.1 Å². The van der Waals surface area contributed by atoms with Crippen molar-refractivity contribution in [2.45, 2.75) is 182 Å². The van der Waals surface area contributed by atoms with E-state index in [1.54, 1.807) is 0 Å². The molecule has 0 N–H and O–H groups in total. The Morgan fingerprint density at radius 1 is 0.438 bits per heavy atom. The first-order valence-electron chi connectivity index (χ1n) is 15.7. The van der Waals surface area contributed by atoms with Gasteiger partial charge >= 0.3 is 0 Å². The molecule has 0 heteroatoms. The van der Waals surface area contributed by atoms with Crippen molar-refractivity contribution in [1.82, 2.24) is 0 Å². The summed E-state index contributed by atoms with van der Waals surface area (Å²) in [5, 5.41) is 0. The van der Waals surface area contributed by atoms with E-state index >= 15 is 0 Å². The van der Waals surface area contributed by atoms with Crippen LogP contribution in [0.2, 0.25) is 0 Å². The molecule has 4 atom stereocenters. The van der Waals surface area contributed by atoms with E-state index in [2.05, 4.69) is 27.7 Å². The molecular formula is C32H64. The summed E-state index contributed by atoms with van der Waals surface area (Å²) in [6.45, 7) is 9.69. The van der Waals surface area contributed by atoms with Crippen LogP contribution >= 0.6 is 0 Å². The molecule has 0 heterocycles. The van der Waals surface area contributed by atoms with Crippen LogP contribution in [0, 0.1) is 23.7 Å². The Morgan fingerprint density at radius 3 is 1.50 bits per heavy atom. The molecule has 0 nitrogen and oxygen atoms in total. The monoisotopic (exact) mass is 449 g/mol. The molecule has 0 amide bonds. The van der Waals surface area contributed by atoms with Gasteiger partial charge in [-0.15, -0.1) is 0 Å². The largest absolute Gasteiger partial charge is 0.0654 e. The minimum Gasteiger partial charge on any atom is -0.0654 e. The van der Waals surface area contributed by atoms with E-state index in [1.807, 2.05) is 0 Å². The van der Waals surface area contributed by atoms with Gasteiger partial charge in [0.15, 0.2) is 0 Å². The summed E-state index contributed by atoms with van der Waals surface area (Å²) >= 11 is 0. The van der Waals surface area contributed by atoms with E-state index < -0.39 is 0 Å². The fraction of sp³-hybridized carbons (Fsp3) is 1.00. The quantitative estimate of drug-likeness (QED) is 0.307. The maximum atomic E-state index is 2.56. The Labute approximate surface area is 205 Å². The van der Waals surface area contributed by atoms with Crippen molar-refractivity contribution in [2.24, 2.45) is 23.7 Å². The van der Waals surface area contributed by atoms with Gasteiger partial charge in [-0.1, -0.05) is 175 Å². The van der Waals surface area contributed by atoms with Gasteiger partial charge in [0.1, 0.15) is 0 Å². The van der Waals surface area contributed by atoms with Crippen LogP contribution in [0.15, 0.2) is 0 Å². The SMILES string of the molecule is CCCCCC1CCCCCCC(CCC)CCC(CCCC)CCCCCCC(C)C1. The highest BCUT2D eigenvalue weighted by atomic mass is 14.2. The van der Waals surface area contributed by atoms with Crippen molar-refractivity contribution in [1.29, 1.82) is 0 Å². The van der Waals surface area contributed by atoms with E-state index in [9.17, 15) is 0 Å². The van der Waals surface area contributed by atoms with Crippen molar-refractivity contribution in [3.8, 4) is 0 Å². The summed E-state index contributed by atoms with van der Waals surface area (Å²) in [5.74, 6) is 4.02. The molecular weight excluding hydrogens is 384 g/mol. The molecule has 0 saturated heterocycles. The summed E-state index contributed by atoms with van der Waals surface area (Å²) in [4.78, 5) is 0. The van der Waals surface area contributed by atoms with Crippen molar-refractivity contribution >= 4 is 0 Å². The molecule has 0 aromatic rings. The maximum absolute atomic E-state index is 2.56. The molecule has 1 aliphatic rings. The molecule has 192 valence electrons. The van der Waals surface area contributed by atoms with Crippen molar-refractivity contribution in [3.05, 3.63) is 0 Å². The minimum atomic E-state index is 0.954. The highest BCUT2D eigenvalue weighted by molar-refractivity contribution is 4.68. The molecule has 0 aromatic heterocycles. The van der Waals surface area contributed by atoms with Crippen LogP contribution in [0.5, 0.6) is 0 Å². The lowest BCUT2D eigenvalue weighted by Crippen LogP contribution is -2.08. The second kappa shape index (κ2) is 21.5. The van der Waals surface area contributed by atoms with Crippen LogP contribution < -0.4 is 0 Å². The zero-order valence-electron chi connectivity index (χ0n) is 23.3. The predicted molar refractivity (Wildman–Crippen MR) is 147 cm³/mol. The first-order valence-corrected chi connectivity index (χ1v) is 15.7. The van der Waals surface area contributed by atoms with E-state index in [0.717, 1.165) is 23.7 Å². The lowest BCUT2D eigenvalue weighted by molar-refractivity contribution is 0.312. The van der Waals surface area contributed by atoms with E-state index in [-0.39, 0.29) is 0 Å². The first kappa shape index (κ1) is 30.0. The van der Waals surface area contributed by atoms with Crippen molar-refractivity contribution < 1.29 is 0 Å². The molecule has 0 bridgehead atoms. The summed E-state index contributed by atoms with van der Waals surface area (Å²) in [6.07, 6.45) is 35.6. The van der Waals surface area contributed by atoms with Gasteiger partial charge in [-0.25, -0.2) is 0 Å². The average Bonchev–Trinajstić information content (AvgIpc) is 2.78. The van der Waals surface area contributed by atoms with E-state index in [0.29, 0.717) is 0 Å². The van der Waals surface area contributed by atoms with Gasteiger partial charge < -0.3 is 0 Å². The molecule has 32 heavy (non-hydrogen) atoms. The number of unbranched alkanes of at least 4 members (excludes halogenated alkanes) is 3. The molecule has 1 rings (SSSR count). The fourth-order valence-electron chi connectivity index (χ4n) is 6.49. The van der Waals surface area contributed by atoms with Gasteiger partial charge in [0.2, 0.25) is 0 Å². The van der Waals surface area contributed by atoms with Crippen LogP contribution in [-0.4, -0.2) is 0 Å². The topological polar surface area (TPSA) is 0 Å². The molecule has 1 saturated carbocycles.